The van der Waals surface area contributed by atoms with Gasteiger partial charge in [-0.2, -0.15) is 13.2 Å². The number of alkyl halides is 3. The summed E-state index contributed by atoms with van der Waals surface area (Å²) in [5, 5.41) is 3.36. The first kappa shape index (κ1) is 18.1. The van der Waals surface area contributed by atoms with E-state index in [0.29, 0.717) is 24.9 Å². The van der Waals surface area contributed by atoms with Crippen molar-refractivity contribution in [3.05, 3.63) is 35.4 Å². The molecule has 2 saturated heterocycles. The summed E-state index contributed by atoms with van der Waals surface area (Å²) in [5.41, 5.74) is -0.644. The molecular formula is C16H20ClF3N2O. The van der Waals surface area contributed by atoms with Crippen LogP contribution in [0.15, 0.2) is 24.3 Å². The van der Waals surface area contributed by atoms with Gasteiger partial charge in [0.15, 0.2) is 0 Å². The third kappa shape index (κ3) is 3.98. The smallest absolute Gasteiger partial charge is 0.339 e. The van der Waals surface area contributed by atoms with Crippen LogP contribution in [0.2, 0.25) is 0 Å². The molecule has 7 heteroatoms. The second-order valence-corrected chi connectivity index (χ2v) is 6.13. The second kappa shape index (κ2) is 7.09. The van der Waals surface area contributed by atoms with Crippen LogP contribution in [0, 0.1) is 11.8 Å². The number of hydrogen-bond acceptors (Lipinski definition) is 2. The third-order valence-corrected chi connectivity index (χ3v) is 4.74. The summed E-state index contributed by atoms with van der Waals surface area (Å²) < 4.78 is 38.3. The van der Waals surface area contributed by atoms with Gasteiger partial charge in [0.05, 0.1) is 5.56 Å². The van der Waals surface area contributed by atoms with E-state index >= 15 is 0 Å². The molecule has 128 valence electrons. The molecule has 0 bridgehead atoms. The molecule has 0 aromatic heterocycles. The molecule has 1 N–H and O–H groups in total. The van der Waals surface area contributed by atoms with Crippen LogP contribution in [0.3, 0.4) is 0 Å². The fourth-order valence-corrected chi connectivity index (χ4v) is 3.43. The number of nitrogens with one attached hydrogen (secondary N) is 1. The molecule has 2 fully saturated rings. The molecule has 23 heavy (non-hydrogen) atoms. The molecule has 2 heterocycles. The van der Waals surface area contributed by atoms with Crippen LogP contribution in [0.5, 0.6) is 0 Å². The number of amides is 1. The van der Waals surface area contributed by atoms with Crippen molar-refractivity contribution in [2.45, 2.75) is 19.0 Å². The summed E-state index contributed by atoms with van der Waals surface area (Å²) in [6.45, 7) is 3.21. The van der Waals surface area contributed by atoms with Gasteiger partial charge in [0.1, 0.15) is 0 Å². The van der Waals surface area contributed by atoms with Gasteiger partial charge in [0.25, 0.3) is 5.91 Å². The number of hydrogen-bond donors (Lipinski definition) is 1. The van der Waals surface area contributed by atoms with E-state index in [1.165, 1.54) is 12.1 Å². The molecule has 0 saturated carbocycles. The van der Waals surface area contributed by atoms with E-state index in [1.54, 1.807) is 4.90 Å². The summed E-state index contributed by atoms with van der Waals surface area (Å²) in [6.07, 6.45) is -2.58. The first-order valence-corrected chi connectivity index (χ1v) is 7.62. The summed E-state index contributed by atoms with van der Waals surface area (Å²) in [6, 6.07) is 4.71. The van der Waals surface area contributed by atoms with E-state index in [0.717, 1.165) is 38.1 Å². The standard InChI is InChI=1S/C16H19F3N2O.ClH/c17-16(18,19)14-3-1-2-11(8-14)15(22)21-6-4-12-9-20-10-13(12)5-7-21;/h1-3,8,12-13,20H,4-7,9-10H2;1H/t12-,13+;. The topological polar surface area (TPSA) is 32.3 Å². The highest BCUT2D eigenvalue weighted by atomic mass is 35.5. The van der Waals surface area contributed by atoms with Crippen LogP contribution in [0.25, 0.3) is 0 Å². The van der Waals surface area contributed by atoms with Gasteiger partial charge in [0.2, 0.25) is 0 Å². The lowest BCUT2D eigenvalue weighted by Crippen LogP contribution is -2.32. The van der Waals surface area contributed by atoms with Gasteiger partial charge in [0, 0.05) is 18.7 Å². The molecule has 2 atom stereocenters. The van der Waals surface area contributed by atoms with Gasteiger partial charge < -0.3 is 10.2 Å². The fourth-order valence-electron chi connectivity index (χ4n) is 3.43. The Hall–Kier alpha value is -1.27. The van der Waals surface area contributed by atoms with Gasteiger partial charge in [-0.15, -0.1) is 12.4 Å². The zero-order chi connectivity index (χ0) is 15.7. The lowest BCUT2D eigenvalue weighted by molar-refractivity contribution is -0.137. The van der Waals surface area contributed by atoms with Crippen molar-refractivity contribution >= 4 is 18.3 Å². The molecule has 2 aliphatic rings. The Morgan fingerprint density at radius 1 is 1.13 bits per heavy atom. The zero-order valence-electron chi connectivity index (χ0n) is 12.6. The van der Waals surface area contributed by atoms with Crippen LogP contribution in [-0.4, -0.2) is 37.0 Å². The van der Waals surface area contributed by atoms with Crippen molar-refractivity contribution in [1.82, 2.24) is 10.2 Å². The number of likely N-dealkylation sites (tertiary alicyclic amines) is 1. The van der Waals surface area contributed by atoms with Crippen LogP contribution in [0.4, 0.5) is 13.2 Å². The molecule has 0 aliphatic carbocycles. The second-order valence-electron chi connectivity index (χ2n) is 6.13. The van der Waals surface area contributed by atoms with Crippen LogP contribution in [0.1, 0.15) is 28.8 Å². The predicted molar refractivity (Wildman–Crippen MR) is 83.7 cm³/mol. The number of rotatable bonds is 1. The van der Waals surface area contributed by atoms with Crippen LogP contribution < -0.4 is 5.32 Å². The fraction of sp³-hybridized carbons (Fsp3) is 0.562. The number of carbonyl (C=O) groups is 1. The zero-order valence-corrected chi connectivity index (χ0v) is 13.4. The van der Waals surface area contributed by atoms with Gasteiger partial charge in [-0.25, -0.2) is 0 Å². The van der Waals surface area contributed by atoms with Crippen molar-refractivity contribution in [2.75, 3.05) is 26.2 Å². The first-order chi connectivity index (χ1) is 10.4. The van der Waals surface area contributed by atoms with Crippen molar-refractivity contribution in [1.29, 1.82) is 0 Å². The maximum atomic E-state index is 12.8. The Morgan fingerprint density at radius 3 is 2.30 bits per heavy atom. The van der Waals surface area contributed by atoms with E-state index in [4.69, 9.17) is 0 Å². The first-order valence-electron chi connectivity index (χ1n) is 7.62. The minimum Gasteiger partial charge on any atom is -0.339 e. The molecule has 1 aromatic carbocycles. The average molecular weight is 349 g/mol. The quantitative estimate of drug-likeness (QED) is 0.845. The summed E-state index contributed by atoms with van der Waals surface area (Å²) in [5.74, 6) is 0.873. The summed E-state index contributed by atoms with van der Waals surface area (Å²) in [7, 11) is 0. The minimum atomic E-state index is -4.42. The molecule has 0 spiro atoms. The Labute approximate surface area is 139 Å². The maximum absolute atomic E-state index is 12.8. The van der Waals surface area contributed by atoms with Crippen LogP contribution >= 0.6 is 12.4 Å². The van der Waals surface area contributed by atoms with Gasteiger partial charge >= 0.3 is 6.18 Å². The van der Waals surface area contributed by atoms with Crippen molar-refractivity contribution in [3.8, 4) is 0 Å². The molecule has 0 radical (unpaired) electrons. The number of halogens is 4. The highest BCUT2D eigenvalue weighted by Gasteiger charge is 2.33. The van der Waals surface area contributed by atoms with E-state index < -0.39 is 11.7 Å². The Morgan fingerprint density at radius 2 is 1.74 bits per heavy atom. The third-order valence-electron chi connectivity index (χ3n) is 4.74. The highest BCUT2D eigenvalue weighted by molar-refractivity contribution is 5.94. The maximum Gasteiger partial charge on any atom is 0.416 e. The number of benzene rings is 1. The molecule has 1 amide bonds. The average Bonchev–Trinajstić information content (AvgIpc) is 2.85. The molecular weight excluding hydrogens is 329 g/mol. The normalized spacial score (nSPS) is 24.6. The Kier molecular flexibility index (Phi) is 5.57. The Bertz CT molecular complexity index is 551. The number of fused-ring (bicyclic) bond motifs is 1. The van der Waals surface area contributed by atoms with Crippen LogP contribution in [-0.2, 0) is 6.18 Å². The summed E-state index contributed by atoms with van der Waals surface area (Å²) in [4.78, 5) is 14.2. The lowest BCUT2D eigenvalue weighted by atomic mass is 9.92. The van der Waals surface area contributed by atoms with E-state index in [2.05, 4.69) is 5.32 Å². The SMILES string of the molecule is Cl.O=C(c1cccc(C(F)(F)F)c1)N1CC[C@@H]2CNC[C@@H]2CC1. The van der Waals surface area contributed by atoms with E-state index in [-0.39, 0.29) is 23.9 Å². The van der Waals surface area contributed by atoms with E-state index in [9.17, 15) is 18.0 Å². The van der Waals surface area contributed by atoms with Gasteiger partial charge in [-0.3, -0.25) is 4.79 Å². The van der Waals surface area contributed by atoms with Crippen molar-refractivity contribution in [3.63, 3.8) is 0 Å². The van der Waals surface area contributed by atoms with Gasteiger partial charge in [-0.1, -0.05) is 6.07 Å². The van der Waals surface area contributed by atoms with Crippen molar-refractivity contribution < 1.29 is 18.0 Å². The minimum absolute atomic E-state index is 0. The van der Waals surface area contributed by atoms with Gasteiger partial charge in [-0.05, 0) is 56.0 Å². The largest absolute Gasteiger partial charge is 0.416 e. The summed E-state index contributed by atoms with van der Waals surface area (Å²) >= 11 is 0. The Balaban J connectivity index is 0.00000192. The van der Waals surface area contributed by atoms with E-state index in [1.807, 2.05) is 0 Å². The number of nitrogens with zero attached hydrogens (tertiary/aromatic N) is 1. The lowest BCUT2D eigenvalue weighted by Gasteiger charge is -2.21. The number of carbonyl (C=O) groups excluding carboxylic acids is 1. The predicted octanol–water partition coefficient (Wildman–Crippen LogP) is 3.20. The molecule has 2 aliphatic heterocycles. The highest BCUT2D eigenvalue weighted by Crippen LogP contribution is 2.31. The molecule has 3 rings (SSSR count). The molecule has 3 nitrogen and oxygen atoms in total. The molecule has 0 unspecified atom stereocenters. The monoisotopic (exact) mass is 348 g/mol. The van der Waals surface area contributed by atoms with Crippen molar-refractivity contribution in [2.24, 2.45) is 11.8 Å². The molecule has 1 aromatic rings.